The van der Waals surface area contributed by atoms with Crippen molar-refractivity contribution < 1.29 is 9.59 Å². The van der Waals surface area contributed by atoms with Crippen molar-refractivity contribution in [3.63, 3.8) is 0 Å². The van der Waals surface area contributed by atoms with E-state index in [-0.39, 0.29) is 23.8 Å². The lowest BCUT2D eigenvalue weighted by Gasteiger charge is -2.44. The zero-order chi connectivity index (χ0) is 14.3. The highest BCUT2D eigenvalue weighted by Gasteiger charge is 2.54. The summed E-state index contributed by atoms with van der Waals surface area (Å²) in [7, 11) is 0. The maximum absolute atomic E-state index is 12.9. The molecule has 1 aromatic rings. The van der Waals surface area contributed by atoms with Crippen LogP contribution in [0, 0.1) is 5.92 Å². The number of carbonyl (C=O) groups excluding carboxylic acids is 2. The summed E-state index contributed by atoms with van der Waals surface area (Å²) in [5, 5.41) is 4.90. The molecule has 1 saturated carbocycles. The predicted octanol–water partition coefficient (Wildman–Crippen LogP) is 1.55. The van der Waals surface area contributed by atoms with Crippen LogP contribution in [0.5, 0.6) is 0 Å². The third kappa shape index (κ3) is 2.12. The van der Waals surface area contributed by atoms with Crippen LogP contribution in [0.25, 0.3) is 0 Å². The maximum atomic E-state index is 12.9. The molecule has 1 saturated heterocycles. The number of amides is 2. The molecule has 2 fully saturated rings. The smallest absolute Gasteiger partial charge is 0.249 e. The van der Waals surface area contributed by atoms with Crippen molar-refractivity contribution in [1.29, 1.82) is 0 Å². The molecule has 6 heteroatoms. The van der Waals surface area contributed by atoms with Gasteiger partial charge in [0.25, 0.3) is 0 Å². The van der Waals surface area contributed by atoms with Crippen molar-refractivity contribution in [2.45, 2.75) is 51.2 Å². The van der Waals surface area contributed by atoms with Crippen LogP contribution < -0.4 is 5.32 Å². The maximum Gasteiger partial charge on any atom is 0.249 e. The third-order valence-electron chi connectivity index (χ3n) is 4.36. The first-order chi connectivity index (χ1) is 9.56. The van der Waals surface area contributed by atoms with Crippen LogP contribution in [0.4, 0.5) is 0 Å². The van der Waals surface area contributed by atoms with E-state index in [0.717, 1.165) is 18.5 Å². The fourth-order valence-electron chi connectivity index (χ4n) is 2.99. The molecule has 0 aromatic carbocycles. The van der Waals surface area contributed by atoms with Gasteiger partial charge in [-0.15, -0.1) is 11.3 Å². The minimum Gasteiger partial charge on any atom is -0.340 e. The second-order valence-electron chi connectivity index (χ2n) is 5.80. The normalized spacial score (nSPS) is 30.5. The van der Waals surface area contributed by atoms with Crippen molar-refractivity contribution in [3.8, 4) is 0 Å². The molecule has 1 aromatic heterocycles. The number of thiazole rings is 1. The Labute approximate surface area is 122 Å². The Morgan fingerprint density at radius 2 is 2.25 bits per heavy atom. The standard InChI is InChI=1S/C14H19N3O2S/c1-3-11-12(18)16-14(2,9-4-5-9)13(19)17(11)6-10-7-20-8-15-10/h7-9,11H,3-6H2,1-2H3,(H,16,18). The molecule has 2 aliphatic rings. The highest BCUT2D eigenvalue weighted by Crippen LogP contribution is 2.42. The molecular formula is C14H19N3O2S. The number of piperazine rings is 1. The fraction of sp³-hybridized carbons (Fsp3) is 0.643. The molecule has 3 rings (SSSR count). The van der Waals surface area contributed by atoms with Crippen molar-refractivity contribution in [2.75, 3.05) is 0 Å². The van der Waals surface area contributed by atoms with Gasteiger partial charge in [0.1, 0.15) is 11.6 Å². The van der Waals surface area contributed by atoms with Crippen LogP contribution in [0.15, 0.2) is 10.9 Å². The molecule has 5 nitrogen and oxygen atoms in total. The molecular weight excluding hydrogens is 274 g/mol. The zero-order valence-corrected chi connectivity index (χ0v) is 12.6. The molecule has 0 radical (unpaired) electrons. The number of nitrogens with one attached hydrogen (secondary N) is 1. The topological polar surface area (TPSA) is 62.3 Å². The first kappa shape index (κ1) is 13.5. The summed E-state index contributed by atoms with van der Waals surface area (Å²) in [5.41, 5.74) is 1.89. The lowest BCUT2D eigenvalue weighted by Crippen LogP contribution is -2.69. The van der Waals surface area contributed by atoms with Gasteiger partial charge in [0.05, 0.1) is 17.7 Å². The Bertz CT molecular complexity index is 527. The minimum absolute atomic E-state index is 0.0308. The van der Waals surface area contributed by atoms with Gasteiger partial charge in [-0.2, -0.15) is 0 Å². The van der Waals surface area contributed by atoms with Gasteiger partial charge in [-0.05, 0) is 32.1 Å². The van der Waals surface area contributed by atoms with E-state index in [1.807, 2.05) is 19.2 Å². The van der Waals surface area contributed by atoms with Crippen LogP contribution in [0.3, 0.4) is 0 Å². The summed E-state index contributed by atoms with van der Waals surface area (Å²) in [6.45, 7) is 4.23. The quantitative estimate of drug-likeness (QED) is 0.916. The molecule has 2 atom stereocenters. The predicted molar refractivity (Wildman–Crippen MR) is 76.0 cm³/mol. The molecule has 2 unspecified atom stereocenters. The number of nitrogens with zero attached hydrogens (tertiary/aromatic N) is 2. The van der Waals surface area contributed by atoms with Crippen LogP contribution in [0.2, 0.25) is 0 Å². The van der Waals surface area contributed by atoms with Crippen LogP contribution in [-0.4, -0.2) is 33.3 Å². The first-order valence-corrected chi connectivity index (χ1v) is 8.00. The number of carbonyl (C=O) groups is 2. The summed E-state index contributed by atoms with van der Waals surface area (Å²) >= 11 is 1.51. The summed E-state index contributed by atoms with van der Waals surface area (Å²) in [4.78, 5) is 31.1. The van der Waals surface area contributed by atoms with E-state index < -0.39 is 5.54 Å². The van der Waals surface area contributed by atoms with E-state index in [1.165, 1.54) is 11.3 Å². The molecule has 20 heavy (non-hydrogen) atoms. The van der Waals surface area contributed by atoms with Gasteiger partial charge in [-0.3, -0.25) is 9.59 Å². The van der Waals surface area contributed by atoms with E-state index >= 15 is 0 Å². The molecule has 2 heterocycles. The lowest BCUT2D eigenvalue weighted by atomic mass is 9.88. The van der Waals surface area contributed by atoms with Gasteiger partial charge in [-0.25, -0.2) is 4.98 Å². The summed E-state index contributed by atoms with van der Waals surface area (Å²) in [5.74, 6) is 0.297. The molecule has 2 amide bonds. The summed E-state index contributed by atoms with van der Waals surface area (Å²) in [6.07, 6.45) is 2.66. The minimum atomic E-state index is -0.723. The van der Waals surface area contributed by atoms with Gasteiger partial charge >= 0.3 is 0 Å². The number of aromatic nitrogens is 1. The highest BCUT2D eigenvalue weighted by molar-refractivity contribution is 7.07. The van der Waals surface area contributed by atoms with Crippen LogP contribution >= 0.6 is 11.3 Å². The summed E-state index contributed by atoms with van der Waals surface area (Å²) < 4.78 is 0. The Morgan fingerprint density at radius 1 is 1.50 bits per heavy atom. The Balaban J connectivity index is 1.89. The Kier molecular flexibility index (Phi) is 3.28. The Hall–Kier alpha value is -1.43. The van der Waals surface area contributed by atoms with E-state index in [0.29, 0.717) is 13.0 Å². The van der Waals surface area contributed by atoms with E-state index in [1.54, 1.807) is 10.4 Å². The van der Waals surface area contributed by atoms with E-state index in [4.69, 9.17) is 0 Å². The van der Waals surface area contributed by atoms with Crippen molar-refractivity contribution in [1.82, 2.24) is 15.2 Å². The van der Waals surface area contributed by atoms with Gasteiger partial charge in [-0.1, -0.05) is 6.92 Å². The average Bonchev–Trinajstić information content (AvgIpc) is 3.16. The highest BCUT2D eigenvalue weighted by atomic mass is 32.1. The van der Waals surface area contributed by atoms with Crippen molar-refractivity contribution in [3.05, 3.63) is 16.6 Å². The average molecular weight is 293 g/mol. The molecule has 108 valence electrons. The van der Waals surface area contributed by atoms with Crippen molar-refractivity contribution >= 4 is 23.2 Å². The van der Waals surface area contributed by atoms with Gasteiger partial charge in [0.2, 0.25) is 11.8 Å². The first-order valence-electron chi connectivity index (χ1n) is 7.06. The van der Waals surface area contributed by atoms with Crippen LogP contribution in [0.1, 0.15) is 38.8 Å². The zero-order valence-electron chi connectivity index (χ0n) is 11.8. The SMILES string of the molecule is CCC1C(=O)NC(C)(C2CC2)C(=O)N1Cc1cscn1. The second kappa shape index (κ2) is 4.84. The number of hydrogen-bond acceptors (Lipinski definition) is 4. The van der Waals surface area contributed by atoms with Gasteiger partial charge < -0.3 is 10.2 Å². The monoisotopic (exact) mass is 293 g/mol. The number of hydrogen-bond donors (Lipinski definition) is 1. The molecule has 0 spiro atoms. The second-order valence-corrected chi connectivity index (χ2v) is 6.52. The van der Waals surface area contributed by atoms with Gasteiger partial charge in [0.15, 0.2) is 0 Å². The third-order valence-corrected chi connectivity index (χ3v) is 5.00. The van der Waals surface area contributed by atoms with Crippen LogP contribution in [-0.2, 0) is 16.1 Å². The van der Waals surface area contributed by atoms with E-state index in [9.17, 15) is 9.59 Å². The number of rotatable bonds is 4. The molecule has 1 aliphatic heterocycles. The molecule has 0 bridgehead atoms. The fourth-order valence-corrected chi connectivity index (χ4v) is 3.54. The van der Waals surface area contributed by atoms with Crippen molar-refractivity contribution in [2.24, 2.45) is 5.92 Å². The molecule has 1 N–H and O–H groups in total. The molecule has 1 aliphatic carbocycles. The van der Waals surface area contributed by atoms with Gasteiger partial charge in [0, 0.05) is 5.38 Å². The lowest BCUT2D eigenvalue weighted by molar-refractivity contribution is -0.156. The summed E-state index contributed by atoms with van der Waals surface area (Å²) in [6, 6.07) is -0.379. The largest absolute Gasteiger partial charge is 0.340 e. The Morgan fingerprint density at radius 3 is 2.80 bits per heavy atom. The van der Waals surface area contributed by atoms with E-state index in [2.05, 4.69) is 10.3 Å².